The van der Waals surface area contributed by atoms with Gasteiger partial charge in [0.2, 0.25) is 5.91 Å². The largest absolute Gasteiger partial charge is 0.323 e. The summed E-state index contributed by atoms with van der Waals surface area (Å²) in [6.45, 7) is 8.03. The van der Waals surface area contributed by atoms with Gasteiger partial charge in [-0.3, -0.25) is 9.89 Å². The van der Waals surface area contributed by atoms with E-state index in [9.17, 15) is 4.79 Å². The molecule has 0 bridgehead atoms. The maximum absolute atomic E-state index is 11.8. The second-order valence-electron chi connectivity index (χ2n) is 5.04. The predicted molar refractivity (Wildman–Crippen MR) is 58.6 cm³/mol. The van der Waals surface area contributed by atoms with E-state index < -0.39 is 0 Å². The minimum absolute atomic E-state index is 0.118. The van der Waals surface area contributed by atoms with Crippen LogP contribution in [0.4, 0.5) is 5.69 Å². The number of aryl methyl sites for hydroxylation is 2. The van der Waals surface area contributed by atoms with Crippen molar-refractivity contribution in [2.24, 2.45) is 11.3 Å². The molecule has 1 fully saturated rings. The van der Waals surface area contributed by atoms with E-state index in [0.29, 0.717) is 0 Å². The molecule has 1 amide bonds. The lowest BCUT2D eigenvalue weighted by Gasteiger charge is -2.06. The van der Waals surface area contributed by atoms with E-state index >= 15 is 0 Å². The predicted octanol–water partition coefficient (Wildman–Crippen LogP) is 2.01. The summed E-state index contributed by atoms with van der Waals surface area (Å²) in [4.78, 5) is 11.8. The van der Waals surface area contributed by atoms with Crippen LogP contribution in [0.5, 0.6) is 0 Å². The number of carbonyl (C=O) groups is 1. The van der Waals surface area contributed by atoms with Crippen molar-refractivity contribution in [2.45, 2.75) is 34.1 Å². The summed E-state index contributed by atoms with van der Waals surface area (Å²) in [5.41, 5.74) is 2.77. The molecule has 0 aromatic carbocycles. The van der Waals surface area contributed by atoms with Gasteiger partial charge in [-0.15, -0.1) is 0 Å². The third-order valence-electron chi connectivity index (χ3n) is 3.21. The molecule has 0 spiro atoms. The van der Waals surface area contributed by atoms with Crippen molar-refractivity contribution in [3.63, 3.8) is 0 Å². The molecule has 1 heterocycles. The maximum Gasteiger partial charge on any atom is 0.228 e. The molecule has 1 unspecified atom stereocenters. The summed E-state index contributed by atoms with van der Waals surface area (Å²) in [6, 6.07) is 0. The molecule has 1 aromatic heterocycles. The quantitative estimate of drug-likeness (QED) is 0.779. The molecule has 1 atom stereocenters. The molecule has 0 saturated heterocycles. The number of H-pyrrole nitrogens is 1. The zero-order chi connectivity index (χ0) is 11.2. The van der Waals surface area contributed by atoms with Crippen molar-refractivity contribution < 1.29 is 4.79 Å². The van der Waals surface area contributed by atoms with Gasteiger partial charge in [0.15, 0.2) is 0 Å². The monoisotopic (exact) mass is 207 g/mol. The van der Waals surface area contributed by atoms with Gasteiger partial charge in [0.25, 0.3) is 0 Å². The van der Waals surface area contributed by atoms with Crippen molar-refractivity contribution in [3.05, 3.63) is 11.4 Å². The van der Waals surface area contributed by atoms with E-state index in [2.05, 4.69) is 29.4 Å². The molecular formula is C11H17N3O. The van der Waals surface area contributed by atoms with Crippen LogP contribution < -0.4 is 5.32 Å². The summed E-state index contributed by atoms with van der Waals surface area (Å²) in [7, 11) is 0. The minimum Gasteiger partial charge on any atom is -0.323 e. The fraction of sp³-hybridized carbons (Fsp3) is 0.636. The van der Waals surface area contributed by atoms with E-state index in [1.807, 2.05) is 13.8 Å². The summed E-state index contributed by atoms with van der Waals surface area (Å²) < 4.78 is 0. The van der Waals surface area contributed by atoms with Crippen molar-refractivity contribution in [3.8, 4) is 0 Å². The van der Waals surface area contributed by atoms with Crippen LogP contribution in [-0.4, -0.2) is 16.1 Å². The SMILES string of the molecule is Cc1n[nH]c(C)c1NC(=O)C1CC1(C)C. The summed E-state index contributed by atoms with van der Waals surface area (Å²) in [5, 5.41) is 9.85. The van der Waals surface area contributed by atoms with E-state index in [1.165, 1.54) is 0 Å². The second-order valence-corrected chi connectivity index (χ2v) is 5.04. The Labute approximate surface area is 89.5 Å². The zero-order valence-electron chi connectivity index (χ0n) is 9.64. The molecule has 1 aliphatic carbocycles. The molecule has 0 radical (unpaired) electrons. The third kappa shape index (κ3) is 1.76. The Morgan fingerprint density at radius 2 is 2.13 bits per heavy atom. The van der Waals surface area contributed by atoms with Crippen molar-refractivity contribution in [2.75, 3.05) is 5.32 Å². The topological polar surface area (TPSA) is 57.8 Å². The molecular weight excluding hydrogens is 190 g/mol. The van der Waals surface area contributed by atoms with Crippen molar-refractivity contribution in [1.82, 2.24) is 10.2 Å². The Morgan fingerprint density at radius 3 is 2.53 bits per heavy atom. The smallest absolute Gasteiger partial charge is 0.228 e. The van der Waals surface area contributed by atoms with E-state index in [4.69, 9.17) is 0 Å². The Kier molecular flexibility index (Phi) is 2.10. The molecule has 4 nitrogen and oxygen atoms in total. The highest BCUT2D eigenvalue weighted by atomic mass is 16.2. The molecule has 2 rings (SSSR count). The van der Waals surface area contributed by atoms with E-state index in [0.717, 1.165) is 23.5 Å². The van der Waals surface area contributed by atoms with Gasteiger partial charge in [-0.05, 0) is 25.7 Å². The van der Waals surface area contributed by atoms with Crippen LogP contribution in [0.15, 0.2) is 0 Å². The average molecular weight is 207 g/mol. The number of hydrogen-bond acceptors (Lipinski definition) is 2. The number of aromatic nitrogens is 2. The van der Waals surface area contributed by atoms with Crippen molar-refractivity contribution >= 4 is 11.6 Å². The van der Waals surface area contributed by atoms with Crippen LogP contribution in [0.25, 0.3) is 0 Å². The van der Waals surface area contributed by atoms with Gasteiger partial charge in [-0.1, -0.05) is 13.8 Å². The molecule has 15 heavy (non-hydrogen) atoms. The number of nitrogens with one attached hydrogen (secondary N) is 2. The average Bonchev–Trinajstić information content (AvgIpc) is 2.69. The Balaban J connectivity index is 2.07. The highest BCUT2D eigenvalue weighted by Gasteiger charge is 2.50. The minimum atomic E-state index is 0.118. The van der Waals surface area contributed by atoms with Gasteiger partial charge in [-0.25, -0.2) is 0 Å². The first kappa shape index (κ1) is 10.2. The Hall–Kier alpha value is -1.32. The molecule has 4 heteroatoms. The lowest BCUT2D eigenvalue weighted by atomic mass is 10.1. The number of nitrogens with zero attached hydrogens (tertiary/aromatic N) is 1. The molecule has 82 valence electrons. The Morgan fingerprint density at radius 1 is 1.53 bits per heavy atom. The van der Waals surface area contributed by atoms with Crippen LogP contribution in [0, 0.1) is 25.2 Å². The zero-order valence-corrected chi connectivity index (χ0v) is 9.64. The highest BCUT2D eigenvalue weighted by Crippen LogP contribution is 2.52. The second kappa shape index (κ2) is 3.08. The number of anilines is 1. The number of amides is 1. The molecule has 1 aromatic rings. The molecule has 1 saturated carbocycles. The molecule has 1 aliphatic rings. The first-order valence-electron chi connectivity index (χ1n) is 5.24. The highest BCUT2D eigenvalue weighted by molar-refractivity contribution is 5.95. The van der Waals surface area contributed by atoms with Crippen LogP contribution in [0.1, 0.15) is 31.7 Å². The Bertz CT molecular complexity index is 386. The van der Waals surface area contributed by atoms with Crippen LogP contribution in [-0.2, 0) is 4.79 Å². The number of hydrogen-bond donors (Lipinski definition) is 2. The fourth-order valence-electron chi connectivity index (χ4n) is 1.86. The number of carbonyl (C=O) groups excluding carboxylic acids is 1. The van der Waals surface area contributed by atoms with E-state index in [1.54, 1.807) is 0 Å². The molecule has 2 N–H and O–H groups in total. The van der Waals surface area contributed by atoms with Crippen molar-refractivity contribution in [1.29, 1.82) is 0 Å². The first-order valence-corrected chi connectivity index (χ1v) is 5.24. The van der Waals surface area contributed by atoms with E-state index in [-0.39, 0.29) is 17.2 Å². The van der Waals surface area contributed by atoms with Crippen LogP contribution in [0.3, 0.4) is 0 Å². The van der Waals surface area contributed by atoms with Crippen LogP contribution in [0.2, 0.25) is 0 Å². The first-order chi connectivity index (χ1) is 6.92. The summed E-state index contributed by atoms with van der Waals surface area (Å²) in [5.74, 6) is 0.277. The van der Waals surface area contributed by atoms with Gasteiger partial charge in [-0.2, -0.15) is 5.10 Å². The lowest BCUT2D eigenvalue weighted by molar-refractivity contribution is -0.118. The third-order valence-corrected chi connectivity index (χ3v) is 3.21. The van der Waals surface area contributed by atoms with Gasteiger partial charge < -0.3 is 5.32 Å². The standard InChI is InChI=1S/C11H17N3O/c1-6-9(7(2)14-13-6)12-10(15)8-5-11(8,3)4/h8H,5H2,1-4H3,(H,12,15)(H,13,14). The van der Waals surface area contributed by atoms with Crippen LogP contribution >= 0.6 is 0 Å². The van der Waals surface area contributed by atoms with Gasteiger partial charge in [0.05, 0.1) is 17.1 Å². The lowest BCUT2D eigenvalue weighted by Crippen LogP contribution is -2.17. The fourth-order valence-corrected chi connectivity index (χ4v) is 1.86. The number of rotatable bonds is 2. The maximum atomic E-state index is 11.8. The number of aromatic amines is 1. The molecule has 0 aliphatic heterocycles. The van der Waals surface area contributed by atoms with Gasteiger partial charge in [0, 0.05) is 5.92 Å². The van der Waals surface area contributed by atoms with Gasteiger partial charge in [0.1, 0.15) is 0 Å². The summed E-state index contributed by atoms with van der Waals surface area (Å²) >= 11 is 0. The summed E-state index contributed by atoms with van der Waals surface area (Å²) in [6.07, 6.45) is 0.981. The normalized spacial score (nSPS) is 22.5. The van der Waals surface area contributed by atoms with Gasteiger partial charge >= 0.3 is 0 Å².